The van der Waals surface area contributed by atoms with Gasteiger partial charge in [-0.2, -0.15) is 0 Å². The SMILES string of the molecule is CC(C)c1ccccc1N1CCCCC1. The highest BCUT2D eigenvalue weighted by Crippen LogP contribution is 2.29. The van der Waals surface area contributed by atoms with Crippen molar-refractivity contribution in [1.82, 2.24) is 0 Å². The Morgan fingerprint density at radius 3 is 2.33 bits per heavy atom. The van der Waals surface area contributed by atoms with E-state index >= 15 is 0 Å². The van der Waals surface area contributed by atoms with Crippen LogP contribution in [0.2, 0.25) is 0 Å². The van der Waals surface area contributed by atoms with E-state index in [1.165, 1.54) is 43.6 Å². The number of hydrogen-bond donors (Lipinski definition) is 0. The zero-order valence-electron chi connectivity index (χ0n) is 9.87. The van der Waals surface area contributed by atoms with Crippen LogP contribution in [0.15, 0.2) is 24.3 Å². The van der Waals surface area contributed by atoms with Gasteiger partial charge in [-0.1, -0.05) is 32.0 Å². The molecule has 1 nitrogen and oxygen atoms in total. The summed E-state index contributed by atoms with van der Waals surface area (Å²) in [5.41, 5.74) is 2.96. The Labute approximate surface area is 93.1 Å². The van der Waals surface area contributed by atoms with Gasteiger partial charge in [0.25, 0.3) is 0 Å². The lowest BCUT2D eigenvalue weighted by Gasteiger charge is -2.31. The summed E-state index contributed by atoms with van der Waals surface area (Å²) in [4.78, 5) is 2.55. The number of para-hydroxylation sites is 1. The van der Waals surface area contributed by atoms with E-state index in [0.717, 1.165) is 0 Å². The van der Waals surface area contributed by atoms with E-state index < -0.39 is 0 Å². The lowest BCUT2D eigenvalue weighted by Crippen LogP contribution is -2.30. The van der Waals surface area contributed by atoms with Crippen molar-refractivity contribution in [3.05, 3.63) is 29.8 Å². The van der Waals surface area contributed by atoms with Crippen LogP contribution in [0.3, 0.4) is 0 Å². The highest BCUT2D eigenvalue weighted by atomic mass is 15.1. The van der Waals surface area contributed by atoms with Crippen molar-refractivity contribution in [2.24, 2.45) is 0 Å². The van der Waals surface area contributed by atoms with E-state index in [1.54, 1.807) is 0 Å². The molecule has 1 aromatic carbocycles. The predicted molar refractivity (Wildman–Crippen MR) is 66.6 cm³/mol. The second-order valence-electron chi connectivity index (χ2n) is 4.76. The number of nitrogens with zero attached hydrogens (tertiary/aromatic N) is 1. The van der Waals surface area contributed by atoms with Crippen molar-refractivity contribution in [2.75, 3.05) is 18.0 Å². The van der Waals surface area contributed by atoms with Crippen LogP contribution in [-0.2, 0) is 0 Å². The molecule has 1 aliphatic heterocycles. The van der Waals surface area contributed by atoms with Gasteiger partial charge < -0.3 is 4.90 Å². The molecule has 0 spiro atoms. The Balaban J connectivity index is 2.25. The van der Waals surface area contributed by atoms with Crippen LogP contribution in [0.5, 0.6) is 0 Å². The zero-order valence-corrected chi connectivity index (χ0v) is 9.87. The number of hydrogen-bond acceptors (Lipinski definition) is 1. The normalized spacial score (nSPS) is 17.1. The lowest BCUT2D eigenvalue weighted by molar-refractivity contribution is 0.575. The maximum Gasteiger partial charge on any atom is 0.0401 e. The van der Waals surface area contributed by atoms with Crippen molar-refractivity contribution in [1.29, 1.82) is 0 Å². The number of piperidine rings is 1. The van der Waals surface area contributed by atoms with Crippen LogP contribution < -0.4 is 4.90 Å². The first-order valence-electron chi connectivity index (χ1n) is 6.13. The number of anilines is 1. The zero-order chi connectivity index (χ0) is 10.7. The van der Waals surface area contributed by atoms with Gasteiger partial charge in [0.1, 0.15) is 0 Å². The van der Waals surface area contributed by atoms with Gasteiger partial charge >= 0.3 is 0 Å². The summed E-state index contributed by atoms with van der Waals surface area (Å²) in [6.07, 6.45) is 4.11. The molecule has 1 aliphatic rings. The summed E-state index contributed by atoms with van der Waals surface area (Å²) in [6, 6.07) is 8.87. The summed E-state index contributed by atoms with van der Waals surface area (Å²) in [5.74, 6) is 0.628. The van der Waals surface area contributed by atoms with Gasteiger partial charge in [0.05, 0.1) is 0 Å². The van der Waals surface area contributed by atoms with Crippen molar-refractivity contribution in [3.63, 3.8) is 0 Å². The molecule has 1 saturated heterocycles. The van der Waals surface area contributed by atoms with Gasteiger partial charge in [0.2, 0.25) is 0 Å². The van der Waals surface area contributed by atoms with Crippen LogP contribution in [0.25, 0.3) is 0 Å². The minimum absolute atomic E-state index is 0.628. The second kappa shape index (κ2) is 4.69. The summed E-state index contributed by atoms with van der Waals surface area (Å²) < 4.78 is 0. The Bertz CT molecular complexity index is 311. The quantitative estimate of drug-likeness (QED) is 0.706. The molecule has 0 N–H and O–H groups in total. The minimum atomic E-state index is 0.628. The molecular weight excluding hydrogens is 182 g/mol. The fraction of sp³-hybridized carbons (Fsp3) is 0.571. The number of rotatable bonds is 2. The maximum atomic E-state index is 2.55. The van der Waals surface area contributed by atoms with Crippen molar-refractivity contribution >= 4 is 5.69 Å². The van der Waals surface area contributed by atoms with Gasteiger partial charge in [-0.05, 0) is 36.8 Å². The van der Waals surface area contributed by atoms with Gasteiger partial charge in [-0.25, -0.2) is 0 Å². The van der Waals surface area contributed by atoms with E-state index in [2.05, 4.69) is 43.0 Å². The first kappa shape index (κ1) is 10.5. The second-order valence-corrected chi connectivity index (χ2v) is 4.76. The molecule has 1 aromatic rings. The van der Waals surface area contributed by atoms with E-state index in [9.17, 15) is 0 Å². The fourth-order valence-corrected chi connectivity index (χ4v) is 2.40. The Hall–Kier alpha value is -0.980. The van der Waals surface area contributed by atoms with Gasteiger partial charge in [-0.15, -0.1) is 0 Å². The third kappa shape index (κ3) is 2.34. The van der Waals surface area contributed by atoms with E-state index in [-0.39, 0.29) is 0 Å². The number of benzene rings is 1. The maximum absolute atomic E-state index is 2.55. The third-order valence-electron chi connectivity index (χ3n) is 3.26. The summed E-state index contributed by atoms with van der Waals surface area (Å²) in [6.45, 7) is 7.04. The van der Waals surface area contributed by atoms with Gasteiger partial charge in [0.15, 0.2) is 0 Å². The molecule has 0 radical (unpaired) electrons. The van der Waals surface area contributed by atoms with Crippen LogP contribution in [0.1, 0.15) is 44.6 Å². The molecule has 2 rings (SSSR count). The molecule has 0 atom stereocenters. The summed E-state index contributed by atoms with van der Waals surface area (Å²) >= 11 is 0. The van der Waals surface area contributed by atoms with Crippen molar-refractivity contribution in [3.8, 4) is 0 Å². The fourth-order valence-electron chi connectivity index (χ4n) is 2.40. The highest BCUT2D eigenvalue weighted by molar-refractivity contribution is 5.55. The lowest BCUT2D eigenvalue weighted by atomic mass is 9.99. The minimum Gasteiger partial charge on any atom is -0.371 e. The standard InChI is InChI=1S/C14H21N/c1-12(2)13-8-4-5-9-14(13)15-10-6-3-7-11-15/h4-5,8-9,12H,3,6-7,10-11H2,1-2H3. The smallest absolute Gasteiger partial charge is 0.0401 e. The molecule has 1 heterocycles. The van der Waals surface area contributed by atoms with Crippen LogP contribution in [-0.4, -0.2) is 13.1 Å². The molecule has 82 valence electrons. The molecular formula is C14H21N. The monoisotopic (exact) mass is 203 g/mol. The summed E-state index contributed by atoms with van der Waals surface area (Å²) in [7, 11) is 0. The topological polar surface area (TPSA) is 3.24 Å². The van der Waals surface area contributed by atoms with E-state index in [1.807, 2.05) is 0 Å². The van der Waals surface area contributed by atoms with Gasteiger partial charge in [-0.3, -0.25) is 0 Å². The third-order valence-corrected chi connectivity index (χ3v) is 3.26. The Morgan fingerprint density at radius 2 is 1.67 bits per heavy atom. The van der Waals surface area contributed by atoms with Crippen LogP contribution >= 0.6 is 0 Å². The van der Waals surface area contributed by atoms with E-state index in [0.29, 0.717) is 5.92 Å². The van der Waals surface area contributed by atoms with Crippen LogP contribution in [0.4, 0.5) is 5.69 Å². The summed E-state index contributed by atoms with van der Waals surface area (Å²) in [5, 5.41) is 0. The van der Waals surface area contributed by atoms with Crippen molar-refractivity contribution in [2.45, 2.75) is 39.0 Å². The van der Waals surface area contributed by atoms with Crippen molar-refractivity contribution < 1.29 is 0 Å². The Kier molecular flexibility index (Phi) is 3.30. The molecule has 0 aromatic heterocycles. The first-order chi connectivity index (χ1) is 7.29. The molecule has 15 heavy (non-hydrogen) atoms. The van der Waals surface area contributed by atoms with Gasteiger partial charge in [0, 0.05) is 18.8 Å². The van der Waals surface area contributed by atoms with E-state index in [4.69, 9.17) is 0 Å². The molecule has 0 amide bonds. The van der Waals surface area contributed by atoms with Crippen LogP contribution in [0, 0.1) is 0 Å². The molecule has 0 bridgehead atoms. The molecule has 1 fully saturated rings. The first-order valence-corrected chi connectivity index (χ1v) is 6.13. The Morgan fingerprint density at radius 1 is 1.00 bits per heavy atom. The molecule has 0 unspecified atom stereocenters. The largest absolute Gasteiger partial charge is 0.371 e. The molecule has 0 aliphatic carbocycles. The molecule has 0 saturated carbocycles. The molecule has 1 heteroatoms. The highest BCUT2D eigenvalue weighted by Gasteiger charge is 2.14. The predicted octanol–water partition coefficient (Wildman–Crippen LogP) is 3.80. The average molecular weight is 203 g/mol. The average Bonchev–Trinajstić information content (AvgIpc) is 2.30.